The van der Waals surface area contributed by atoms with Gasteiger partial charge in [-0.3, -0.25) is 4.79 Å². The first-order valence-electron chi connectivity index (χ1n) is 10.1. The summed E-state index contributed by atoms with van der Waals surface area (Å²) in [6.07, 6.45) is 4.11. The van der Waals surface area contributed by atoms with Crippen molar-refractivity contribution in [3.8, 4) is 5.75 Å². The number of hydrogen-bond donors (Lipinski definition) is 0. The van der Waals surface area contributed by atoms with E-state index in [9.17, 15) is 4.79 Å². The Morgan fingerprint density at radius 3 is 2.14 bits per heavy atom. The topological polar surface area (TPSA) is 61.8 Å². The average Bonchev–Trinajstić information content (AvgIpc) is 3.29. The molecule has 2 saturated heterocycles. The van der Waals surface area contributed by atoms with E-state index in [1.165, 1.54) is 12.8 Å². The van der Waals surface area contributed by atoms with Crippen molar-refractivity contribution in [1.29, 1.82) is 0 Å². The Hall–Kier alpha value is -2.83. The lowest BCUT2D eigenvalue weighted by atomic mass is 10.1. The number of benzene rings is 1. The number of anilines is 2. The lowest BCUT2D eigenvalue weighted by Crippen LogP contribution is -2.49. The van der Waals surface area contributed by atoms with E-state index in [1.54, 1.807) is 6.33 Å². The molecule has 2 aliphatic rings. The van der Waals surface area contributed by atoms with Gasteiger partial charge in [-0.1, -0.05) is 0 Å². The van der Waals surface area contributed by atoms with Gasteiger partial charge in [-0.25, -0.2) is 9.97 Å². The third kappa shape index (κ3) is 4.03. The zero-order valence-corrected chi connectivity index (χ0v) is 16.4. The summed E-state index contributed by atoms with van der Waals surface area (Å²) in [6, 6.07) is 9.47. The van der Waals surface area contributed by atoms with Crippen LogP contribution in [0, 0.1) is 0 Å². The third-order valence-corrected chi connectivity index (χ3v) is 5.37. The first-order chi connectivity index (χ1) is 13.7. The van der Waals surface area contributed by atoms with Crippen LogP contribution in [-0.2, 0) is 0 Å². The van der Waals surface area contributed by atoms with Gasteiger partial charge in [-0.2, -0.15) is 0 Å². The molecule has 7 heteroatoms. The zero-order valence-electron chi connectivity index (χ0n) is 16.4. The summed E-state index contributed by atoms with van der Waals surface area (Å²) in [7, 11) is 0. The smallest absolute Gasteiger partial charge is 0.253 e. The van der Waals surface area contributed by atoms with Crippen LogP contribution in [0.3, 0.4) is 0 Å². The Labute approximate surface area is 165 Å². The molecule has 3 heterocycles. The van der Waals surface area contributed by atoms with Crippen LogP contribution in [0.15, 0.2) is 36.7 Å². The van der Waals surface area contributed by atoms with Crippen molar-refractivity contribution in [1.82, 2.24) is 14.9 Å². The van der Waals surface area contributed by atoms with E-state index in [4.69, 9.17) is 4.74 Å². The van der Waals surface area contributed by atoms with Gasteiger partial charge in [0.1, 0.15) is 23.7 Å². The van der Waals surface area contributed by atoms with E-state index in [0.29, 0.717) is 25.3 Å². The largest absolute Gasteiger partial charge is 0.494 e. The monoisotopic (exact) mass is 381 g/mol. The maximum Gasteiger partial charge on any atom is 0.253 e. The molecule has 0 N–H and O–H groups in total. The van der Waals surface area contributed by atoms with Crippen LogP contribution in [0.2, 0.25) is 0 Å². The van der Waals surface area contributed by atoms with Crippen molar-refractivity contribution in [2.45, 2.75) is 19.8 Å². The number of aromatic nitrogens is 2. The van der Waals surface area contributed by atoms with Crippen molar-refractivity contribution in [3.05, 3.63) is 42.2 Å². The van der Waals surface area contributed by atoms with E-state index in [2.05, 4.69) is 25.8 Å². The number of carbonyl (C=O) groups excluding carboxylic acids is 1. The molecule has 148 valence electrons. The number of ether oxygens (including phenoxy) is 1. The van der Waals surface area contributed by atoms with Gasteiger partial charge in [0.25, 0.3) is 5.91 Å². The summed E-state index contributed by atoms with van der Waals surface area (Å²) >= 11 is 0. The normalized spacial score (nSPS) is 17.1. The summed E-state index contributed by atoms with van der Waals surface area (Å²) < 4.78 is 5.45. The van der Waals surface area contributed by atoms with Gasteiger partial charge in [-0.05, 0) is 44.0 Å². The van der Waals surface area contributed by atoms with Crippen LogP contribution in [0.4, 0.5) is 11.6 Å². The Balaban J connectivity index is 1.36. The quantitative estimate of drug-likeness (QED) is 0.793. The highest BCUT2D eigenvalue weighted by atomic mass is 16.5. The van der Waals surface area contributed by atoms with Crippen LogP contribution in [0.1, 0.15) is 30.1 Å². The molecule has 0 spiro atoms. The fourth-order valence-electron chi connectivity index (χ4n) is 3.81. The fourth-order valence-corrected chi connectivity index (χ4v) is 3.81. The summed E-state index contributed by atoms with van der Waals surface area (Å²) in [5.74, 6) is 2.82. The SMILES string of the molecule is CCOc1ccc(C(=O)N2CCN(c3cc(N4CCCC4)ncn3)CC2)cc1. The summed E-state index contributed by atoms with van der Waals surface area (Å²) in [5.41, 5.74) is 0.704. The zero-order chi connectivity index (χ0) is 19.3. The molecule has 0 unspecified atom stereocenters. The molecule has 0 bridgehead atoms. The van der Waals surface area contributed by atoms with Crippen LogP contribution >= 0.6 is 0 Å². The van der Waals surface area contributed by atoms with Crippen LogP contribution in [0.25, 0.3) is 0 Å². The van der Waals surface area contributed by atoms with Crippen LogP contribution in [0.5, 0.6) is 5.75 Å². The van der Waals surface area contributed by atoms with Gasteiger partial charge < -0.3 is 19.4 Å². The molecule has 7 nitrogen and oxygen atoms in total. The molecule has 0 aliphatic carbocycles. The average molecular weight is 381 g/mol. The van der Waals surface area contributed by atoms with Crippen molar-refractivity contribution >= 4 is 17.5 Å². The minimum Gasteiger partial charge on any atom is -0.494 e. The second-order valence-electron chi connectivity index (χ2n) is 7.17. The second-order valence-corrected chi connectivity index (χ2v) is 7.17. The van der Waals surface area contributed by atoms with Crippen molar-refractivity contribution < 1.29 is 9.53 Å². The maximum atomic E-state index is 12.8. The summed E-state index contributed by atoms with van der Waals surface area (Å²) in [4.78, 5) is 28.1. The Bertz CT molecular complexity index is 797. The predicted molar refractivity (Wildman–Crippen MR) is 109 cm³/mol. The summed E-state index contributed by atoms with van der Waals surface area (Å²) in [6.45, 7) is 7.65. The second kappa shape index (κ2) is 8.46. The van der Waals surface area contributed by atoms with Crippen molar-refractivity contribution in [2.75, 3.05) is 55.7 Å². The molecule has 28 heavy (non-hydrogen) atoms. The molecule has 2 aromatic rings. The van der Waals surface area contributed by atoms with Crippen LogP contribution < -0.4 is 14.5 Å². The number of carbonyl (C=O) groups is 1. The lowest BCUT2D eigenvalue weighted by molar-refractivity contribution is 0.0746. The van der Waals surface area contributed by atoms with E-state index in [0.717, 1.165) is 43.6 Å². The molecular weight excluding hydrogens is 354 g/mol. The number of nitrogens with zero attached hydrogens (tertiary/aromatic N) is 5. The predicted octanol–water partition coefficient (Wildman–Crippen LogP) is 2.44. The molecule has 0 saturated carbocycles. The van der Waals surface area contributed by atoms with E-state index >= 15 is 0 Å². The van der Waals surface area contributed by atoms with Gasteiger partial charge in [0.15, 0.2) is 0 Å². The Morgan fingerprint density at radius 1 is 0.929 bits per heavy atom. The van der Waals surface area contributed by atoms with Gasteiger partial charge in [0, 0.05) is 50.9 Å². The van der Waals surface area contributed by atoms with Crippen molar-refractivity contribution in [3.63, 3.8) is 0 Å². The Morgan fingerprint density at radius 2 is 1.54 bits per heavy atom. The molecular formula is C21H27N5O2. The first-order valence-corrected chi connectivity index (χ1v) is 10.1. The maximum absolute atomic E-state index is 12.8. The van der Waals surface area contributed by atoms with Gasteiger partial charge in [0.05, 0.1) is 6.61 Å². The standard InChI is InChI=1S/C21H27N5O2/c1-2-28-18-7-5-17(6-8-18)21(27)26-13-11-25(12-14-26)20-15-19(22-16-23-20)24-9-3-4-10-24/h5-8,15-16H,2-4,9-14H2,1H3. The molecule has 1 amide bonds. The van der Waals surface area contributed by atoms with Gasteiger partial charge in [-0.15, -0.1) is 0 Å². The minimum atomic E-state index is 0.0724. The molecule has 4 rings (SSSR count). The third-order valence-electron chi connectivity index (χ3n) is 5.37. The van der Waals surface area contributed by atoms with E-state index in [1.807, 2.05) is 36.1 Å². The lowest BCUT2D eigenvalue weighted by Gasteiger charge is -2.35. The molecule has 0 atom stereocenters. The molecule has 2 aliphatic heterocycles. The highest BCUT2D eigenvalue weighted by molar-refractivity contribution is 5.94. The number of amides is 1. The fraction of sp³-hybridized carbons (Fsp3) is 0.476. The number of piperazine rings is 1. The van der Waals surface area contributed by atoms with Crippen molar-refractivity contribution in [2.24, 2.45) is 0 Å². The highest BCUT2D eigenvalue weighted by Crippen LogP contribution is 2.22. The highest BCUT2D eigenvalue weighted by Gasteiger charge is 2.24. The molecule has 2 fully saturated rings. The van der Waals surface area contributed by atoms with Crippen LogP contribution in [-0.4, -0.2) is 66.7 Å². The van der Waals surface area contributed by atoms with E-state index in [-0.39, 0.29) is 5.91 Å². The first kappa shape index (κ1) is 18.5. The minimum absolute atomic E-state index is 0.0724. The molecule has 1 aromatic heterocycles. The van der Waals surface area contributed by atoms with Gasteiger partial charge in [0.2, 0.25) is 0 Å². The van der Waals surface area contributed by atoms with Gasteiger partial charge >= 0.3 is 0 Å². The number of hydrogen-bond acceptors (Lipinski definition) is 6. The van der Waals surface area contributed by atoms with E-state index < -0.39 is 0 Å². The Kier molecular flexibility index (Phi) is 5.60. The molecule has 1 aromatic carbocycles. The molecule has 0 radical (unpaired) electrons. The summed E-state index contributed by atoms with van der Waals surface area (Å²) in [5, 5.41) is 0. The number of rotatable bonds is 5.